The Hall–Kier alpha value is -0.980. The summed E-state index contributed by atoms with van der Waals surface area (Å²) in [5.41, 5.74) is 5.92. The topological polar surface area (TPSA) is 63.4 Å². The van der Waals surface area contributed by atoms with Gasteiger partial charge in [0.15, 0.2) is 0 Å². The highest BCUT2D eigenvalue weighted by Crippen LogP contribution is 2.35. The van der Waals surface area contributed by atoms with E-state index in [2.05, 4.69) is 0 Å². The third-order valence-electron chi connectivity index (χ3n) is 3.74. The molecule has 0 radical (unpaired) electrons. The highest BCUT2D eigenvalue weighted by Gasteiger charge is 2.31. The Balaban J connectivity index is 2.57. The number of rotatable bonds is 7. The molecule has 1 atom stereocenters. The van der Waals surface area contributed by atoms with Crippen molar-refractivity contribution >= 4 is 50.5 Å². The molecule has 2 N–H and O–H groups in total. The summed E-state index contributed by atoms with van der Waals surface area (Å²) in [6.07, 6.45) is 1.28. The van der Waals surface area contributed by atoms with E-state index >= 15 is 0 Å². The van der Waals surface area contributed by atoms with E-state index in [1.165, 1.54) is 28.6 Å². The lowest BCUT2D eigenvalue weighted by Crippen LogP contribution is -2.39. The normalized spacial score (nSPS) is 12.8. The van der Waals surface area contributed by atoms with E-state index in [1.54, 1.807) is 18.2 Å². The van der Waals surface area contributed by atoms with E-state index in [4.69, 9.17) is 40.5 Å². The lowest BCUT2D eigenvalue weighted by Gasteiger charge is -2.31. The number of sulfonamides is 1. The van der Waals surface area contributed by atoms with Gasteiger partial charge in [-0.05, 0) is 68.8 Å². The first-order valence-electron chi connectivity index (χ1n) is 7.72. The smallest absolute Gasteiger partial charge is 0.264 e. The van der Waals surface area contributed by atoms with Crippen LogP contribution in [0.15, 0.2) is 47.4 Å². The van der Waals surface area contributed by atoms with Crippen molar-refractivity contribution in [2.45, 2.75) is 30.7 Å². The fourth-order valence-corrected chi connectivity index (χ4v) is 4.76. The monoisotopic (exact) mass is 420 g/mol. The molecule has 4 nitrogen and oxygen atoms in total. The fraction of sp³-hybridized carbons (Fsp3) is 0.294. The van der Waals surface area contributed by atoms with Gasteiger partial charge < -0.3 is 5.73 Å². The van der Waals surface area contributed by atoms with Gasteiger partial charge in [0.25, 0.3) is 10.0 Å². The second kappa shape index (κ2) is 8.60. The van der Waals surface area contributed by atoms with Gasteiger partial charge in [-0.2, -0.15) is 0 Å². The highest BCUT2D eigenvalue weighted by molar-refractivity contribution is 7.92. The average Bonchev–Trinajstić information content (AvgIpc) is 2.56. The van der Waals surface area contributed by atoms with Crippen molar-refractivity contribution in [3.63, 3.8) is 0 Å². The largest absolute Gasteiger partial charge is 0.330 e. The Labute approximate surface area is 163 Å². The van der Waals surface area contributed by atoms with Crippen LogP contribution < -0.4 is 10.0 Å². The van der Waals surface area contributed by atoms with Crippen molar-refractivity contribution in [3.05, 3.63) is 57.5 Å². The van der Waals surface area contributed by atoms with Gasteiger partial charge in [-0.15, -0.1) is 0 Å². The van der Waals surface area contributed by atoms with Crippen molar-refractivity contribution in [1.29, 1.82) is 0 Å². The molecule has 0 bridgehead atoms. The molecule has 0 aliphatic carbocycles. The zero-order chi connectivity index (χ0) is 18.6. The summed E-state index contributed by atoms with van der Waals surface area (Å²) < 4.78 is 27.8. The van der Waals surface area contributed by atoms with Gasteiger partial charge in [0, 0.05) is 16.1 Å². The van der Waals surface area contributed by atoms with E-state index in [0.29, 0.717) is 40.1 Å². The molecule has 136 valence electrons. The summed E-state index contributed by atoms with van der Waals surface area (Å²) in [6, 6.07) is 10.4. The maximum atomic E-state index is 13.3. The standard InChI is InChI=1S/C17H19Cl3N2O2S/c1-12(3-2-10-21)22(17-11-14(19)6-9-16(17)20)25(23,24)15-7-4-13(18)5-8-15/h4-9,11-12H,2-3,10,21H2,1H3/t12-/m1/s1. The Bertz CT molecular complexity index is 826. The average molecular weight is 422 g/mol. The van der Waals surface area contributed by atoms with Crippen LogP contribution in [0.3, 0.4) is 0 Å². The second-order valence-corrected chi connectivity index (χ2v) is 8.73. The minimum atomic E-state index is -3.85. The summed E-state index contributed by atoms with van der Waals surface area (Å²) in [6.45, 7) is 2.29. The van der Waals surface area contributed by atoms with Crippen molar-refractivity contribution in [2.75, 3.05) is 10.8 Å². The van der Waals surface area contributed by atoms with Crippen molar-refractivity contribution < 1.29 is 8.42 Å². The van der Waals surface area contributed by atoms with Gasteiger partial charge >= 0.3 is 0 Å². The number of hydrogen-bond donors (Lipinski definition) is 1. The van der Waals surface area contributed by atoms with Crippen LogP contribution in [0.4, 0.5) is 5.69 Å². The zero-order valence-corrected chi connectivity index (χ0v) is 16.7. The molecule has 0 aromatic heterocycles. The van der Waals surface area contributed by atoms with E-state index in [9.17, 15) is 8.42 Å². The summed E-state index contributed by atoms with van der Waals surface area (Å²) in [4.78, 5) is 0.132. The number of nitrogens with zero attached hydrogens (tertiary/aromatic N) is 1. The molecule has 2 aromatic carbocycles. The molecule has 2 aromatic rings. The molecule has 0 fully saturated rings. The predicted octanol–water partition coefficient (Wildman–Crippen LogP) is 4.97. The highest BCUT2D eigenvalue weighted by atomic mass is 35.5. The third kappa shape index (κ3) is 4.80. The lowest BCUT2D eigenvalue weighted by molar-refractivity contribution is 0.565. The Morgan fingerprint density at radius 2 is 1.64 bits per heavy atom. The SMILES string of the molecule is C[C@H](CCCN)N(c1cc(Cl)ccc1Cl)S(=O)(=O)c1ccc(Cl)cc1. The molecule has 0 aliphatic heterocycles. The van der Waals surface area contributed by atoms with E-state index in [-0.39, 0.29) is 10.9 Å². The number of halogens is 3. The van der Waals surface area contributed by atoms with Crippen molar-refractivity contribution in [1.82, 2.24) is 0 Å². The molecule has 8 heteroatoms. The molecule has 0 amide bonds. The molecule has 0 spiro atoms. The van der Waals surface area contributed by atoms with E-state index in [0.717, 1.165) is 0 Å². The molecule has 0 saturated carbocycles. The van der Waals surface area contributed by atoms with Gasteiger partial charge in [0.2, 0.25) is 0 Å². The van der Waals surface area contributed by atoms with Crippen LogP contribution in [0.2, 0.25) is 15.1 Å². The van der Waals surface area contributed by atoms with Crippen LogP contribution in [0.1, 0.15) is 19.8 Å². The Kier molecular flexibility index (Phi) is 7.00. The number of hydrogen-bond acceptors (Lipinski definition) is 3. The van der Waals surface area contributed by atoms with Crippen LogP contribution in [-0.4, -0.2) is 21.0 Å². The van der Waals surface area contributed by atoms with Crippen LogP contribution in [0.25, 0.3) is 0 Å². The van der Waals surface area contributed by atoms with Crippen molar-refractivity contribution in [3.8, 4) is 0 Å². The van der Waals surface area contributed by atoms with E-state index in [1.807, 2.05) is 6.92 Å². The van der Waals surface area contributed by atoms with Gasteiger partial charge in [0.05, 0.1) is 15.6 Å². The molecule has 0 unspecified atom stereocenters. The number of nitrogens with two attached hydrogens (primary N) is 1. The summed E-state index contributed by atoms with van der Waals surface area (Å²) in [5, 5.41) is 1.17. The number of anilines is 1. The van der Waals surface area contributed by atoms with Crippen LogP contribution >= 0.6 is 34.8 Å². The van der Waals surface area contributed by atoms with Crippen LogP contribution in [-0.2, 0) is 10.0 Å². The zero-order valence-electron chi connectivity index (χ0n) is 13.6. The van der Waals surface area contributed by atoms with Gasteiger partial charge in [-0.3, -0.25) is 4.31 Å². The van der Waals surface area contributed by atoms with Gasteiger partial charge in [-0.1, -0.05) is 34.8 Å². The third-order valence-corrected chi connectivity index (χ3v) is 6.49. The molecule has 25 heavy (non-hydrogen) atoms. The van der Waals surface area contributed by atoms with E-state index < -0.39 is 10.0 Å². The Morgan fingerprint density at radius 3 is 2.24 bits per heavy atom. The molecule has 0 heterocycles. The number of benzene rings is 2. The first kappa shape index (κ1) is 20.3. The first-order valence-corrected chi connectivity index (χ1v) is 10.3. The fourth-order valence-electron chi connectivity index (χ4n) is 2.51. The maximum absolute atomic E-state index is 13.3. The predicted molar refractivity (Wildman–Crippen MR) is 105 cm³/mol. The Morgan fingerprint density at radius 1 is 1.04 bits per heavy atom. The van der Waals surface area contributed by atoms with Crippen molar-refractivity contribution in [2.24, 2.45) is 5.73 Å². The molecular weight excluding hydrogens is 403 g/mol. The maximum Gasteiger partial charge on any atom is 0.264 e. The quantitative estimate of drug-likeness (QED) is 0.686. The molecule has 2 rings (SSSR count). The second-order valence-electron chi connectivity index (χ2n) is 5.63. The molecular formula is C17H19Cl3N2O2S. The minimum Gasteiger partial charge on any atom is -0.330 e. The van der Waals surface area contributed by atoms with Crippen LogP contribution in [0, 0.1) is 0 Å². The first-order chi connectivity index (χ1) is 11.8. The molecule has 0 aliphatic rings. The summed E-state index contributed by atoms with van der Waals surface area (Å²) in [7, 11) is -3.85. The minimum absolute atomic E-state index is 0.132. The van der Waals surface area contributed by atoms with Crippen LogP contribution in [0.5, 0.6) is 0 Å². The summed E-state index contributed by atoms with van der Waals surface area (Å²) in [5.74, 6) is 0. The summed E-state index contributed by atoms with van der Waals surface area (Å²) >= 11 is 18.2. The van der Waals surface area contributed by atoms with Gasteiger partial charge in [-0.25, -0.2) is 8.42 Å². The van der Waals surface area contributed by atoms with Gasteiger partial charge in [0.1, 0.15) is 0 Å². The lowest BCUT2D eigenvalue weighted by atomic mass is 10.1. The molecule has 0 saturated heterocycles.